The Labute approximate surface area is 178 Å². The smallest absolute Gasteiger partial charge is 0.410 e. The van der Waals surface area contributed by atoms with Crippen LogP contribution >= 0.6 is 0 Å². The number of nitrogens with two attached hydrogens (primary N) is 1. The van der Waals surface area contributed by atoms with E-state index in [0.29, 0.717) is 32.4 Å². The predicted molar refractivity (Wildman–Crippen MR) is 113 cm³/mol. The number of hydrogen-bond acceptors (Lipinski definition) is 7. The van der Waals surface area contributed by atoms with E-state index < -0.39 is 11.2 Å². The van der Waals surface area contributed by atoms with Gasteiger partial charge in [0.2, 0.25) is 0 Å². The average molecular weight is 420 g/mol. The van der Waals surface area contributed by atoms with Gasteiger partial charge in [0.05, 0.1) is 18.6 Å². The fourth-order valence-electron chi connectivity index (χ4n) is 4.12. The van der Waals surface area contributed by atoms with Crippen LogP contribution in [-0.4, -0.2) is 61.5 Å². The number of methoxy groups -OCH3 is 1. The summed E-state index contributed by atoms with van der Waals surface area (Å²) in [5, 5.41) is 0. The fraction of sp³-hybridized carbons (Fsp3) is 0.636. The number of amides is 1. The maximum atomic E-state index is 12.2. The summed E-state index contributed by atoms with van der Waals surface area (Å²) >= 11 is 0. The average Bonchev–Trinajstić information content (AvgIpc) is 2.69. The highest BCUT2D eigenvalue weighted by molar-refractivity contribution is 5.74. The highest BCUT2D eigenvalue weighted by Gasteiger charge is 2.49. The van der Waals surface area contributed by atoms with Gasteiger partial charge in [0.1, 0.15) is 5.60 Å². The van der Waals surface area contributed by atoms with Crippen molar-refractivity contribution in [1.29, 1.82) is 0 Å². The molecule has 0 atom stereocenters. The molecule has 0 bridgehead atoms. The number of piperazine rings is 1. The Balaban J connectivity index is 1.52. The van der Waals surface area contributed by atoms with E-state index in [2.05, 4.69) is 29.2 Å². The first-order chi connectivity index (χ1) is 14.1. The lowest BCUT2D eigenvalue weighted by molar-refractivity contribution is -0.172. The number of esters is 1. The highest BCUT2D eigenvalue weighted by atomic mass is 16.6. The topological polar surface area (TPSA) is 94.3 Å². The molecule has 166 valence electrons. The second-order valence-corrected chi connectivity index (χ2v) is 9.23. The van der Waals surface area contributed by atoms with Crippen molar-refractivity contribution < 1.29 is 23.9 Å². The third-order valence-corrected chi connectivity index (χ3v) is 5.78. The van der Waals surface area contributed by atoms with Crippen LogP contribution in [0.5, 0.6) is 0 Å². The molecule has 8 nitrogen and oxygen atoms in total. The summed E-state index contributed by atoms with van der Waals surface area (Å²) in [6, 6.07) is 8.31. The van der Waals surface area contributed by atoms with Crippen LogP contribution in [0, 0.1) is 5.92 Å². The summed E-state index contributed by atoms with van der Waals surface area (Å²) in [5.74, 6) is 5.20. The molecule has 2 aliphatic rings. The summed E-state index contributed by atoms with van der Waals surface area (Å²) in [7, 11) is 1.40. The van der Waals surface area contributed by atoms with Crippen LogP contribution in [-0.2, 0) is 25.5 Å². The molecule has 1 aliphatic carbocycles. The number of nitrogens with zero attached hydrogens (tertiary/aromatic N) is 2. The lowest BCUT2D eigenvalue weighted by Crippen LogP contribution is -2.52. The van der Waals surface area contributed by atoms with Crippen LogP contribution in [0.1, 0.15) is 39.2 Å². The summed E-state index contributed by atoms with van der Waals surface area (Å²) in [5.41, 5.74) is 1.25. The lowest BCUT2D eigenvalue weighted by atomic mass is 9.68. The molecule has 2 N–H and O–H groups in total. The maximum Gasteiger partial charge on any atom is 0.410 e. The zero-order valence-electron chi connectivity index (χ0n) is 18.3. The molecule has 1 saturated carbocycles. The molecule has 0 radical (unpaired) electrons. The van der Waals surface area contributed by atoms with Gasteiger partial charge in [-0.3, -0.25) is 9.63 Å². The van der Waals surface area contributed by atoms with E-state index in [1.165, 1.54) is 7.11 Å². The van der Waals surface area contributed by atoms with Crippen LogP contribution in [0.3, 0.4) is 0 Å². The Morgan fingerprint density at radius 1 is 1.10 bits per heavy atom. The van der Waals surface area contributed by atoms with Crippen molar-refractivity contribution in [3.05, 3.63) is 29.8 Å². The van der Waals surface area contributed by atoms with E-state index >= 15 is 0 Å². The molecule has 1 amide bonds. The summed E-state index contributed by atoms with van der Waals surface area (Å²) in [6.07, 6.45) is 1.55. The molecule has 8 heteroatoms. The van der Waals surface area contributed by atoms with Crippen LogP contribution in [0.2, 0.25) is 0 Å². The standard InChI is InChI=1S/C22H33N3O5/c1-21(2,3)29-20(27)25-11-9-24(10-12-25)18-7-5-16(6-8-18)13-22(30-23)14-17(15-22)19(26)28-4/h5-8,17H,9-15,23H2,1-4H3. The molecular weight excluding hydrogens is 386 g/mol. The van der Waals surface area contributed by atoms with Crippen molar-refractivity contribution >= 4 is 17.7 Å². The van der Waals surface area contributed by atoms with Crippen LogP contribution in [0.4, 0.5) is 10.5 Å². The normalized spacial score (nSPS) is 24.2. The number of carbonyl (C=O) groups excluding carboxylic acids is 2. The van der Waals surface area contributed by atoms with Gasteiger partial charge < -0.3 is 19.3 Å². The molecule has 30 heavy (non-hydrogen) atoms. The van der Waals surface area contributed by atoms with Crippen molar-refractivity contribution in [2.45, 2.75) is 51.2 Å². The number of benzene rings is 1. The van der Waals surface area contributed by atoms with Gasteiger partial charge in [-0.15, -0.1) is 0 Å². The van der Waals surface area contributed by atoms with Crippen molar-refractivity contribution in [1.82, 2.24) is 4.90 Å². The van der Waals surface area contributed by atoms with Crippen LogP contribution in [0.15, 0.2) is 24.3 Å². The molecule has 0 spiro atoms. The quantitative estimate of drug-likeness (QED) is 0.579. The molecule has 3 rings (SSSR count). The molecule has 1 saturated heterocycles. The lowest BCUT2D eigenvalue weighted by Gasteiger charge is -2.44. The largest absolute Gasteiger partial charge is 0.469 e. The van der Waals surface area contributed by atoms with E-state index in [-0.39, 0.29) is 18.0 Å². The maximum absolute atomic E-state index is 12.2. The van der Waals surface area contributed by atoms with E-state index in [1.54, 1.807) is 4.90 Å². The van der Waals surface area contributed by atoms with E-state index in [1.807, 2.05) is 20.8 Å². The number of anilines is 1. The van der Waals surface area contributed by atoms with Crippen molar-refractivity contribution in [2.75, 3.05) is 38.2 Å². The minimum atomic E-state index is -0.501. The molecule has 1 aromatic carbocycles. The Kier molecular flexibility index (Phi) is 6.57. The number of hydrogen-bond donors (Lipinski definition) is 1. The van der Waals surface area contributed by atoms with E-state index in [9.17, 15) is 9.59 Å². The van der Waals surface area contributed by atoms with Gasteiger partial charge in [-0.05, 0) is 51.3 Å². The zero-order valence-corrected chi connectivity index (χ0v) is 18.3. The van der Waals surface area contributed by atoms with E-state index in [0.717, 1.165) is 24.3 Å². The highest BCUT2D eigenvalue weighted by Crippen LogP contribution is 2.43. The summed E-state index contributed by atoms with van der Waals surface area (Å²) in [6.45, 7) is 8.42. The molecule has 1 heterocycles. The monoisotopic (exact) mass is 419 g/mol. The first kappa shape index (κ1) is 22.4. The second-order valence-electron chi connectivity index (χ2n) is 9.23. The van der Waals surface area contributed by atoms with Crippen molar-refractivity contribution in [2.24, 2.45) is 11.8 Å². The van der Waals surface area contributed by atoms with Gasteiger partial charge in [-0.25, -0.2) is 10.7 Å². The van der Waals surface area contributed by atoms with Gasteiger partial charge in [0.25, 0.3) is 0 Å². The van der Waals surface area contributed by atoms with Crippen LogP contribution < -0.4 is 10.8 Å². The first-order valence-electron chi connectivity index (χ1n) is 10.4. The molecule has 1 aromatic rings. The Bertz CT molecular complexity index is 745. The molecule has 1 aliphatic heterocycles. The van der Waals surface area contributed by atoms with Gasteiger partial charge >= 0.3 is 12.1 Å². The number of carbonyl (C=O) groups is 2. The first-order valence-corrected chi connectivity index (χ1v) is 10.4. The van der Waals surface area contributed by atoms with Crippen LogP contribution in [0.25, 0.3) is 0 Å². The molecule has 2 fully saturated rings. The number of ether oxygens (including phenoxy) is 2. The molecule has 0 aromatic heterocycles. The molecule has 0 unspecified atom stereocenters. The Morgan fingerprint density at radius 3 is 2.20 bits per heavy atom. The Hall–Kier alpha value is -2.32. The second kappa shape index (κ2) is 8.81. The Morgan fingerprint density at radius 2 is 1.70 bits per heavy atom. The van der Waals surface area contributed by atoms with E-state index in [4.69, 9.17) is 20.2 Å². The van der Waals surface area contributed by atoms with Gasteiger partial charge in [-0.1, -0.05) is 12.1 Å². The predicted octanol–water partition coefficient (Wildman–Crippen LogP) is 2.50. The number of rotatable bonds is 5. The summed E-state index contributed by atoms with van der Waals surface area (Å²) in [4.78, 5) is 33.1. The SMILES string of the molecule is COC(=O)C1CC(Cc2ccc(N3CCN(C(=O)OC(C)(C)C)CC3)cc2)(ON)C1. The fourth-order valence-corrected chi connectivity index (χ4v) is 4.12. The zero-order chi connectivity index (χ0) is 21.9. The minimum Gasteiger partial charge on any atom is -0.469 e. The molecular formula is C22H33N3O5. The van der Waals surface area contributed by atoms with Gasteiger partial charge in [0.15, 0.2) is 0 Å². The minimum absolute atomic E-state index is 0.140. The third-order valence-electron chi connectivity index (χ3n) is 5.78. The summed E-state index contributed by atoms with van der Waals surface area (Å²) < 4.78 is 10.3. The van der Waals surface area contributed by atoms with Gasteiger partial charge in [0, 0.05) is 38.3 Å². The third kappa shape index (κ3) is 5.23. The van der Waals surface area contributed by atoms with Crippen molar-refractivity contribution in [3.63, 3.8) is 0 Å². The van der Waals surface area contributed by atoms with Crippen molar-refractivity contribution in [3.8, 4) is 0 Å². The van der Waals surface area contributed by atoms with Gasteiger partial charge in [-0.2, -0.15) is 0 Å².